The number of rotatable bonds is 3. The average molecular weight is 408 g/mol. The Morgan fingerprint density at radius 2 is 1.82 bits per heavy atom. The number of anilines is 2. The summed E-state index contributed by atoms with van der Waals surface area (Å²) in [4.78, 5) is 4.31. The van der Waals surface area contributed by atoms with E-state index in [1.165, 1.54) is 0 Å². The van der Waals surface area contributed by atoms with Gasteiger partial charge in [-0.25, -0.2) is 4.98 Å². The zero-order valence-corrected chi connectivity index (χ0v) is 16.9. The first kappa shape index (κ1) is 18.4. The molecule has 0 unspecified atom stereocenters. The highest BCUT2D eigenvalue weighted by molar-refractivity contribution is 7.80. The van der Waals surface area contributed by atoms with Crippen LogP contribution in [0, 0.1) is 13.8 Å². The van der Waals surface area contributed by atoms with Crippen molar-refractivity contribution in [2.24, 2.45) is 0 Å². The van der Waals surface area contributed by atoms with Gasteiger partial charge in [-0.3, -0.25) is 5.10 Å². The van der Waals surface area contributed by atoms with Crippen molar-refractivity contribution in [3.63, 3.8) is 0 Å². The first-order valence-electron chi connectivity index (χ1n) is 8.75. The molecule has 0 saturated carbocycles. The Kier molecular flexibility index (Phi) is 4.98. The third kappa shape index (κ3) is 3.69. The van der Waals surface area contributed by atoms with Crippen LogP contribution >= 0.6 is 23.8 Å². The quantitative estimate of drug-likeness (QED) is 0.380. The first-order valence-corrected chi connectivity index (χ1v) is 9.54. The smallest absolute Gasteiger partial charge is 0.181 e. The van der Waals surface area contributed by atoms with Crippen LogP contribution in [0.4, 0.5) is 11.4 Å². The van der Waals surface area contributed by atoms with Gasteiger partial charge in [0.2, 0.25) is 0 Å². The molecule has 2 heterocycles. The Morgan fingerprint density at radius 1 is 1.04 bits per heavy atom. The van der Waals surface area contributed by atoms with Crippen molar-refractivity contribution >= 4 is 51.3 Å². The van der Waals surface area contributed by atoms with Gasteiger partial charge in [-0.1, -0.05) is 29.8 Å². The highest BCUT2D eigenvalue weighted by Gasteiger charge is 2.10. The predicted molar refractivity (Wildman–Crippen MR) is 120 cm³/mol. The average Bonchev–Trinajstić information content (AvgIpc) is 3.07. The SMILES string of the molecule is Cc1ccc(Cl)cc1NC(=S)Nc1ccc(-c2ccnc3n[nH]c(C)c23)cc1. The number of H-pyrrole nitrogens is 1. The lowest BCUT2D eigenvalue weighted by atomic mass is 10.0. The van der Waals surface area contributed by atoms with Gasteiger partial charge in [0.1, 0.15) is 0 Å². The van der Waals surface area contributed by atoms with E-state index in [0.717, 1.165) is 44.8 Å². The monoisotopic (exact) mass is 407 g/mol. The normalized spacial score (nSPS) is 10.8. The molecule has 4 aromatic rings. The second kappa shape index (κ2) is 7.58. The summed E-state index contributed by atoms with van der Waals surface area (Å²) in [6.45, 7) is 4.00. The van der Waals surface area contributed by atoms with Crippen LogP contribution in [0.5, 0.6) is 0 Å². The second-order valence-corrected chi connectivity index (χ2v) is 7.37. The topological polar surface area (TPSA) is 65.6 Å². The number of hydrogen-bond acceptors (Lipinski definition) is 3. The molecule has 0 radical (unpaired) electrons. The highest BCUT2D eigenvalue weighted by atomic mass is 35.5. The molecule has 0 aliphatic heterocycles. The molecule has 5 nitrogen and oxygen atoms in total. The molecular weight excluding hydrogens is 390 g/mol. The van der Waals surface area contributed by atoms with Crippen LogP contribution in [0.25, 0.3) is 22.2 Å². The van der Waals surface area contributed by atoms with Gasteiger partial charge in [-0.2, -0.15) is 5.10 Å². The van der Waals surface area contributed by atoms with Gasteiger partial charge in [0.15, 0.2) is 10.8 Å². The van der Waals surface area contributed by atoms with Gasteiger partial charge in [0.25, 0.3) is 0 Å². The van der Waals surface area contributed by atoms with Crippen LogP contribution in [-0.4, -0.2) is 20.3 Å². The lowest BCUT2D eigenvalue weighted by Gasteiger charge is -2.13. The predicted octanol–water partition coefficient (Wildman–Crippen LogP) is 5.70. The lowest BCUT2D eigenvalue weighted by molar-refractivity contribution is 1.05. The van der Waals surface area contributed by atoms with Crippen molar-refractivity contribution in [3.05, 3.63) is 71.0 Å². The largest absolute Gasteiger partial charge is 0.332 e. The van der Waals surface area contributed by atoms with Crippen molar-refractivity contribution in [2.45, 2.75) is 13.8 Å². The zero-order valence-electron chi connectivity index (χ0n) is 15.4. The molecule has 0 aliphatic rings. The second-order valence-electron chi connectivity index (χ2n) is 6.52. The standard InChI is InChI=1S/C21H18ClN5S/c1-12-3-6-15(22)11-18(12)25-21(28)24-16-7-4-14(5-8-16)17-9-10-23-20-19(17)13(2)26-27-20/h3-11H,1-2H3,(H,23,26,27)(H2,24,25,28). The van der Waals surface area contributed by atoms with E-state index >= 15 is 0 Å². The van der Waals surface area contributed by atoms with E-state index in [1.807, 2.05) is 50.2 Å². The molecule has 0 fully saturated rings. The summed E-state index contributed by atoms with van der Waals surface area (Å²) in [5.74, 6) is 0. The van der Waals surface area contributed by atoms with E-state index in [0.29, 0.717) is 10.1 Å². The zero-order chi connectivity index (χ0) is 19.7. The molecule has 2 aromatic heterocycles. The van der Waals surface area contributed by atoms with Crippen LogP contribution < -0.4 is 10.6 Å². The summed E-state index contributed by atoms with van der Waals surface area (Å²) in [5.41, 5.74) is 6.76. The Hall–Kier alpha value is -2.96. The van der Waals surface area contributed by atoms with Crippen molar-refractivity contribution < 1.29 is 0 Å². The molecule has 0 atom stereocenters. The number of nitrogens with zero attached hydrogens (tertiary/aromatic N) is 2. The van der Waals surface area contributed by atoms with Crippen LogP contribution in [-0.2, 0) is 0 Å². The van der Waals surface area contributed by atoms with E-state index in [2.05, 4.69) is 37.9 Å². The molecule has 28 heavy (non-hydrogen) atoms. The third-order valence-electron chi connectivity index (χ3n) is 4.54. The molecule has 0 amide bonds. The molecule has 0 aliphatic carbocycles. The van der Waals surface area contributed by atoms with E-state index in [4.69, 9.17) is 23.8 Å². The van der Waals surface area contributed by atoms with Crippen molar-refractivity contribution in [1.29, 1.82) is 0 Å². The van der Waals surface area contributed by atoms with Crippen molar-refractivity contribution in [2.75, 3.05) is 10.6 Å². The van der Waals surface area contributed by atoms with Gasteiger partial charge in [0, 0.05) is 33.7 Å². The molecule has 0 saturated heterocycles. The van der Waals surface area contributed by atoms with E-state index in [-0.39, 0.29) is 0 Å². The highest BCUT2D eigenvalue weighted by Crippen LogP contribution is 2.29. The fourth-order valence-electron chi connectivity index (χ4n) is 3.09. The Balaban J connectivity index is 1.52. The number of hydrogen-bond donors (Lipinski definition) is 3. The number of fused-ring (bicyclic) bond motifs is 1. The third-order valence-corrected chi connectivity index (χ3v) is 4.98. The van der Waals surface area contributed by atoms with Crippen LogP contribution in [0.1, 0.15) is 11.3 Å². The summed E-state index contributed by atoms with van der Waals surface area (Å²) in [7, 11) is 0. The van der Waals surface area contributed by atoms with Gasteiger partial charge in [0.05, 0.1) is 0 Å². The minimum atomic E-state index is 0.509. The number of benzene rings is 2. The molecule has 4 rings (SSSR count). The number of halogens is 1. The van der Waals surface area contributed by atoms with E-state index < -0.39 is 0 Å². The molecule has 7 heteroatoms. The van der Waals surface area contributed by atoms with E-state index in [9.17, 15) is 0 Å². The molecule has 2 aromatic carbocycles. The Bertz CT molecular complexity index is 1170. The van der Waals surface area contributed by atoms with Crippen molar-refractivity contribution in [1.82, 2.24) is 15.2 Å². The van der Waals surface area contributed by atoms with Gasteiger partial charge in [-0.05, 0) is 73.1 Å². The first-order chi connectivity index (χ1) is 13.5. The number of aryl methyl sites for hydroxylation is 2. The maximum absolute atomic E-state index is 6.07. The Labute approximate surface area is 173 Å². The maximum atomic E-state index is 6.07. The molecule has 3 N–H and O–H groups in total. The van der Waals surface area contributed by atoms with Gasteiger partial charge >= 0.3 is 0 Å². The van der Waals surface area contributed by atoms with Crippen LogP contribution in [0.15, 0.2) is 54.7 Å². The number of thiocarbonyl (C=S) groups is 1. The molecule has 0 bridgehead atoms. The summed E-state index contributed by atoms with van der Waals surface area (Å²) < 4.78 is 0. The minimum Gasteiger partial charge on any atom is -0.332 e. The fourth-order valence-corrected chi connectivity index (χ4v) is 3.49. The lowest BCUT2D eigenvalue weighted by Crippen LogP contribution is -2.19. The number of aromatic nitrogens is 3. The fraction of sp³-hybridized carbons (Fsp3) is 0.0952. The minimum absolute atomic E-state index is 0.509. The summed E-state index contributed by atoms with van der Waals surface area (Å²) >= 11 is 11.5. The molecule has 0 spiro atoms. The molecule has 140 valence electrons. The van der Waals surface area contributed by atoms with Gasteiger partial charge < -0.3 is 10.6 Å². The number of pyridine rings is 1. The van der Waals surface area contributed by atoms with Crippen LogP contribution in [0.2, 0.25) is 5.02 Å². The molecular formula is C21H18ClN5S. The van der Waals surface area contributed by atoms with Crippen molar-refractivity contribution in [3.8, 4) is 11.1 Å². The summed E-state index contributed by atoms with van der Waals surface area (Å²) in [6, 6.07) is 15.8. The Morgan fingerprint density at radius 3 is 2.61 bits per heavy atom. The summed E-state index contributed by atoms with van der Waals surface area (Å²) in [6.07, 6.45) is 1.77. The number of aromatic amines is 1. The van der Waals surface area contributed by atoms with E-state index in [1.54, 1.807) is 6.20 Å². The summed E-state index contributed by atoms with van der Waals surface area (Å²) in [5, 5.41) is 15.8. The van der Waals surface area contributed by atoms with Gasteiger partial charge in [-0.15, -0.1) is 0 Å². The van der Waals surface area contributed by atoms with Crippen LogP contribution in [0.3, 0.4) is 0 Å². The number of nitrogens with one attached hydrogen (secondary N) is 3. The maximum Gasteiger partial charge on any atom is 0.181 e.